The number of pyridine rings is 1. The minimum atomic E-state index is 0.573. The zero-order valence-corrected chi connectivity index (χ0v) is 27.9. The molecule has 0 saturated carbocycles. The number of hydrogen-bond acceptors (Lipinski definition) is 5. The van der Waals surface area contributed by atoms with E-state index in [0.717, 1.165) is 49.8 Å². The lowest BCUT2D eigenvalue weighted by atomic mass is 10.1. The van der Waals surface area contributed by atoms with E-state index in [-0.39, 0.29) is 0 Å². The number of para-hydroxylation sites is 3. The molecule has 51 heavy (non-hydrogen) atoms. The molecule has 0 unspecified atom stereocenters. The lowest BCUT2D eigenvalue weighted by Crippen LogP contribution is -2.07. The molecule has 0 aliphatic rings. The van der Waals surface area contributed by atoms with Crippen molar-refractivity contribution in [3.63, 3.8) is 0 Å². The van der Waals surface area contributed by atoms with Crippen molar-refractivity contribution in [2.24, 2.45) is 0 Å². The Balaban J connectivity index is 1.23. The van der Waals surface area contributed by atoms with Gasteiger partial charge in [0.1, 0.15) is 0 Å². The van der Waals surface area contributed by atoms with E-state index in [0.29, 0.717) is 17.6 Å². The Morgan fingerprint density at radius 1 is 0.451 bits per heavy atom. The SMILES string of the molecule is c1ccc(-c2nc(-c3ccccc3-n3c4ccccc4c4ncccc43)nc(-n3c4ccccc4c4c5sc6ccccc6c5ccc43)n2)cc1. The smallest absolute Gasteiger partial charge is 0.238 e. The topological polar surface area (TPSA) is 61.4 Å². The second-order valence-corrected chi connectivity index (χ2v) is 13.7. The van der Waals surface area contributed by atoms with Crippen LogP contribution in [0.2, 0.25) is 0 Å². The summed E-state index contributed by atoms with van der Waals surface area (Å²) in [6, 6.07) is 52.8. The fourth-order valence-electron chi connectivity index (χ4n) is 7.65. The Morgan fingerprint density at radius 3 is 2.02 bits per heavy atom. The van der Waals surface area contributed by atoms with Crippen molar-refractivity contribution in [1.29, 1.82) is 0 Å². The zero-order valence-electron chi connectivity index (χ0n) is 27.1. The van der Waals surface area contributed by atoms with Gasteiger partial charge in [-0.2, -0.15) is 9.97 Å². The van der Waals surface area contributed by atoms with E-state index in [9.17, 15) is 0 Å². The van der Waals surface area contributed by atoms with Gasteiger partial charge >= 0.3 is 0 Å². The van der Waals surface area contributed by atoms with Crippen molar-refractivity contribution in [3.05, 3.63) is 158 Å². The molecule has 0 bridgehead atoms. The van der Waals surface area contributed by atoms with E-state index in [1.807, 2.05) is 41.8 Å². The number of thiophene rings is 1. The van der Waals surface area contributed by atoms with Gasteiger partial charge in [-0.3, -0.25) is 9.55 Å². The molecule has 0 atom stereocenters. The van der Waals surface area contributed by atoms with E-state index < -0.39 is 0 Å². The highest BCUT2D eigenvalue weighted by atomic mass is 32.1. The van der Waals surface area contributed by atoms with Gasteiger partial charge in [-0.25, -0.2) is 4.98 Å². The Bertz CT molecular complexity index is 3100. The Morgan fingerprint density at radius 2 is 1.14 bits per heavy atom. The van der Waals surface area contributed by atoms with Crippen LogP contribution in [0.25, 0.3) is 98.3 Å². The van der Waals surface area contributed by atoms with Gasteiger partial charge in [0, 0.05) is 53.7 Å². The summed E-state index contributed by atoms with van der Waals surface area (Å²) in [4.78, 5) is 20.5. The van der Waals surface area contributed by atoms with Crippen LogP contribution in [0.4, 0.5) is 0 Å². The van der Waals surface area contributed by atoms with Gasteiger partial charge in [0.2, 0.25) is 5.95 Å². The van der Waals surface area contributed by atoms with Gasteiger partial charge in [-0.05, 0) is 48.5 Å². The summed E-state index contributed by atoms with van der Waals surface area (Å²) in [6.45, 7) is 0. The first-order valence-electron chi connectivity index (χ1n) is 16.9. The third-order valence-electron chi connectivity index (χ3n) is 9.85. The summed E-state index contributed by atoms with van der Waals surface area (Å²) >= 11 is 1.84. The quantitative estimate of drug-likeness (QED) is 0.187. The predicted molar refractivity (Wildman–Crippen MR) is 210 cm³/mol. The first-order chi connectivity index (χ1) is 25.3. The van der Waals surface area contributed by atoms with Crippen LogP contribution in [0, 0.1) is 0 Å². The van der Waals surface area contributed by atoms with Crippen LogP contribution >= 0.6 is 11.3 Å². The average Bonchev–Trinajstić information content (AvgIpc) is 3.86. The van der Waals surface area contributed by atoms with E-state index in [1.165, 1.54) is 30.9 Å². The molecule has 5 heterocycles. The molecule has 6 aromatic carbocycles. The summed E-state index contributed by atoms with van der Waals surface area (Å²) in [5.74, 6) is 1.78. The highest BCUT2D eigenvalue weighted by Gasteiger charge is 2.22. The molecular weight excluding hydrogens is 645 g/mol. The number of benzene rings is 6. The largest absolute Gasteiger partial charge is 0.307 e. The molecular formula is C44H26N6S. The number of fused-ring (bicyclic) bond motifs is 10. The minimum absolute atomic E-state index is 0.573. The van der Waals surface area contributed by atoms with Crippen molar-refractivity contribution in [3.8, 4) is 34.4 Å². The molecule has 0 saturated heterocycles. The highest BCUT2D eigenvalue weighted by molar-refractivity contribution is 7.26. The van der Waals surface area contributed by atoms with Gasteiger partial charge in [-0.15, -0.1) is 11.3 Å². The maximum Gasteiger partial charge on any atom is 0.238 e. The molecule has 0 aliphatic carbocycles. The monoisotopic (exact) mass is 670 g/mol. The Labute approximate surface area is 295 Å². The molecule has 11 rings (SSSR count). The molecule has 0 spiro atoms. The summed E-state index contributed by atoms with van der Waals surface area (Å²) in [7, 11) is 0. The van der Waals surface area contributed by atoms with Crippen LogP contribution in [-0.2, 0) is 0 Å². The van der Waals surface area contributed by atoms with Gasteiger partial charge in [0.25, 0.3) is 0 Å². The summed E-state index contributed by atoms with van der Waals surface area (Å²) in [6.07, 6.45) is 1.85. The van der Waals surface area contributed by atoms with Crippen molar-refractivity contribution < 1.29 is 0 Å². The van der Waals surface area contributed by atoms with E-state index >= 15 is 0 Å². The molecule has 0 aliphatic heterocycles. The molecule has 11 aromatic rings. The second kappa shape index (κ2) is 10.9. The van der Waals surface area contributed by atoms with Crippen LogP contribution in [0.5, 0.6) is 0 Å². The van der Waals surface area contributed by atoms with E-state index in [4.69, 9.17) is 19.9 Å². The Hall–Kier alpha value is -6.70. The average molecular weight is 671 g/mol. The normalized spacial score (nSPS) is 11.9. The maximum atomic E-state index is 5.34. The van der Waals surface area contributed by atoms with Crippen LogP contribution in [0.3, 0.4) is 0 Å². The van der Waals surface area contributed by atoms with Crippen LogP contribution in [-0.4, -0.2) is 29.1 Å². The summed E-state index contributed by atoms with van der Waals surface area (Å²) in [5.41, 5.74) is 7.98. The van der Waals surface area contributed by atoms with E-state index in [2.05, 4.69) is 137 Å². The van der Waals surface area contributed by atoms with Gasteiger partial charge in [0.05, 0.1) is 33.3 Å². The molecule has 238 valence electrons. The fourth-order valence-corrected chi connectivity index (χ4v) is 8.91. The lowest BCUT2D eigenvalue weighted by molar-refractivity contribution is 0.952. The zero-order chi connectivity index (χ0) is 33.5. The van der Waals surface area contributed by atoms with Crippen molar-refractivity contribution in [1.82, 2.24) is 29.1 Å². The molecule has 5 aromatic heterocycles. The molecule has 0 fully saturated rings. The number of hydrogen-bond donors (Lipinski definition) is 0. The van der Waals surface area contributed by atoms with Crippen molar-refractivity contribution >= 4 is 75.3 Å². The van der Waals surface area contributed by atoms with Crippen molar-refractivity contribution in [2.45, 2.75) is 0 Å². The third-order valence-corrected chi connectivity index (χ3v) is 11.1. The highest BCUT2D eigenvalue weighted by Crippen LogP contribution is 2.43. The molecule has 0 amide bonds. The van der Waals surface area contributed by atoms with Crippen LogP contribution < -0.4 is 0 Å². The number of rotatable bonds is 4. The predicted octanol–water partition coefficient (Wildman–Crippen LogP) is 11.2. The Kier molecular flexibility index (Phi) is 6.02. The standard InChI is InChI=1S/C44H26N6S/c1-2-13-27(14-3-1)42-46-43(32-18-6-10-21-35(32)49-34-20-9-5-17-31(34)40-37(49)22-12-26-45-40)48-44(47-42)50-33-19-8-4-16-30(33)39-36(50)25-24-29-28-15-7-11-23-38(28)51-41(29)39/h1-26H. The summed E-state index contributed by atoms with van der Waals surface area (Å²) < 4.78 is 7.03. The van der Waals surface area contributed by atoms with Crippen molar-refractivity contribution in [2.75, 3.05) is 0 Å². The van der Waals surface area contributed by atoms with Gasteiger partial charge in [0.15, 0.2) is 11.6 Å². The number of nitrogens with zero attached hydrogens (tertiary/aromatic N) is 6. The molecule has 0 N–H and O–H groups in total. The van der Waals surface area contributed by atoms with Crippen LogP contribution in [0.1, 0.15) is 0 Å². The van der Waals surface area contributed by atoms with Crippen LogP contribution in [0.15, 0.2) is 158 Å². The minimum Gasteiger partial charge on any atom is -0.307 e. The third kappa shape index (κ3) is 4.16. The van der Waals surface area contributed by atoms with E-state index in [1.54, 1.807) is 0 Å². The lowest BCUT2D eigenvalue weighted by Gasteiger charge is -2.15. The molecule has 0 radical (unpaired) electrons. The van der Waals surface area contributed by atoms with Gasteiger partial charge in [-0.1, -0.05) is 103 Å². The second-order valence-electron chi connectivity index (χ2n) is 12.7. The number of aromatic nitrogens is 6. The van der Waals surface area contributed by atoms with Gasteiger partial charge < -0.3 is 4.57 Å². The molecule has 6 nitrogen and oxygen atoms in total. The maximum absolute atomic E-state index is 5.34. The first-order valence-corrected chi connectivity index (χ1v) is 17.7. The first kappa shape index (κ1) is 28.2. The molecule has 7 heteroatoms. The fraction of sp³-hybridized carbons (Fsp3) is 0. The summed E-state index contributed by atoms with van der Waals surface area (Å²) in [5, 5.41) is 6.03.